The minimum absolute atomic E-state index is 0.404. The van der Waals surface area contributed by atoms with Crippen molar-refractivity contribution < 1.29 is 14.3 Å². The number of carbonyl (C=O) groups is 2. The van der Waals surface area contributed by atoms with Crippen LogP contribution in [0.5, 0.6) is 5.75 Å². The van der Waals surface area contributed by atoms with Crippen molar-refractivity contribution in [2.75, 3.05) is 13.2 Å². The van der Waals surface area contributed by atoms with E-state index >= 15 is 0 Å². The van der Waals surface area contributed by atoms with E-state index in [0.29, 0.717) is 13.0 Å². The highest BCUT2D eigenvalue weighted by Gasteiger charge is 2.12. The molecule has 1 aliphatic rings. The minimum atomic E-state index is -0.952. The van der Waals surface area contributed by atoms with Gasteiger partial charge in [0.25, 0.3) is 0 Å². The van der Waals surface area contributed by atoms with Crippen LogP contribution in [-0.2, 0) is 22.4 Å². The predicted molar refractivity (Wildman–Crippen MR) is 61.5 cm³/mol. The first kappa shape index (κ1) is 11.4. The first-order chi connectivity index (χ1) is 8.16. The number of ether oxygens (including phenoxy) is 1. The zero-order valence-corrected chi connectivity index (χ0v) is 9.36. The Balaban J connectivity index is 1.87. The number of hydrogen-bond donors (Lipinski definition) is 2. The van der Waals surface area contributed by atoms with Crippen molar-refractivity contribution in [3.05, 3.63) is 29.3 Å². The maximum absolute atomic E-state index is 10.9. The molecule has 90 valence electrons. The number of fused-ring (bicyclic) bond motifs is 1. The molecule has 0 saturated carbocycles. The van der Waals surface area contributed by atoms with Gasteiger partial charge in [-0.05, 0) is 23.6 Å². The maximum atomic E-state index is 10.9. The second kappa shape index (κ2) is 4.86. The monoisotopic (exact) mass is 234 g/mol. The van der Waals surface area contributed by atoms with Gasteiger partial charge in [0.05, 0.1) is 6.61 Å². The smallest absolute Gasteiger partial charge is 0.309 e. The van der Waals surface area contributed by atoms with Gasteiger partial charge in [0.2, 0.25) is 0 Å². The van der Waals surface area contributed by atoms with Gasteiger partial charge in [-0.3, -0.25) is 9.59 Å². The van der Waals surface area contributed by atoms with Crippen molar-refractivity contribution in [2.45, 2.75) is 12.8 Å². The third-order valence-corrected chi connectivity index (χ3v) is 2.68. The molecular formula is C12H14N2O3. The van der Waals surface area contributed by atoms with Crippen LogP contribution in [0.2, 0.25) is 0 Å². The molecule has 0 fully saturated rings. The summed E-state index contributed by atoms with van der Waals surface area (Å²) >= 11 is 0. The molecule has 1 aromatic carbocycles. The lowest BCUT2D eigenvalue weighted by molar-refractivity contribution is -0.137. The van der Waals surface area contributed by atoms with Crippen molar-refractivity contribution in [1.82, 2.24) is 5.32 Å². The summed E-state index contributed by atoms with van der Waals surface area (Å²) in [6, 6.07) is 5.97. The molecule has 0 bridgehead atoms. The first-order valence-electron chi connectivity index (χ1n) is 5.49. The van der Waals surface area contributed by atoms with Crippen LogP contribution in [-0.4, -0.2) is 25.0 Å². The van der Waals surface area contributed by atoms with Crippen LogP contribution in [0.25, 0.3) is 0 Å². The molecule has 5 heteroatoms. The highest BCUT2D eigenvalue weighted by atomic mass is 16.5. The van der Waals surface area contributed by atoms with Gasteiger partial charge < -0.3 is 15.8 Å². The molecule has 0 unspecified atom stereocenters. The Labute approximate surface area is 98.9 Å². The van der Waals surface area contributed by atoms with Gasteiger partial charge in [-0.15, -0.1) is 0 Å². The second-order valence-electron chi connectivity index (χ2n) is 3.91. The highest BCUT2D eigenvalue weighted by molar-refractivity contribution is 6.34. The molecule has 1 heterocycles. The minimum Gasteiger partial charge on any atom is -0.493 e. The molecule has 0 atom stereocenters. The summed E-state index contributed by atoms with van der Waals surface area (Å²) in [5.74, 6) is -0.753. The van der Waals surface area contributed by atoms with Crippen LogP contribution in [0.4, 0.5) is 0 Å². The quantitative estimate of drug-likeness (QED) is 0.708. The third kappa shape index (κ3) is 2.75. The molecule has 1 aliphatic heterocycles. The number of amides is 2. The van der Waals surface area contributed by atoms with Gasteiger partial charge >= 0.3 is 11.8 Å². The summed E-state index contributed by atoms with van der Waals surface area (Å²) in [4.78, 5) is 21.4. The van der Waals surface area contributed by atoms with Crippen LogP contribution in [0.3, 0.4) is 0 Å². The van der Waals surface area contributed by atoms with Crippen molar-refractivity contribution in [3.8, 4) is 5.75 Å². The molecule has 0 radical (unpaired) electrons. The molecule has 1 aromatic rings. The third-order valence-electron chi connectivity index (χ3n) is 2.68. The first-order valence-corrected chi connectivity index (χ1v) is 5.49. The van der Waals surface area contributed by atoms with Crippen molar-refractivity contribution in [2.24, 2.45) is 5.73 Å². The van der Waals surface area contributed by atoms with E-state index in [1.807, 2.05) is 12.1 Å². The van der Waals surface area contributed by atoms with E-state index in [1.165, 1.54) is 5.56 Å². The summed E-state index contributed by atoms with van der Waals surface area (Å²) in [6.07, 6.45) is 1.60. The molecule has 5 nitrogen and oxygen atoms in total. The number of carbonyl (C=O) groups excluding carboxylic acids is 2. The summed E-state index contributed by atoms with van der Waals surface area (Å²) in [5.41, 5.74) is 7.13. The Morgan fingerprint density at radius 1 is 1.41 bits per heavy atom. The van der Waals surface area contributed by atoms with Gasteiger partial charge in [-0.1, -0.05) is 12.1 Å². The van der Waals surface area contributed by atoms with Gasteiger partial charge in [-0.2, -0.15) is 0 Å². The number of nitrogens with one attached hydrogen (secondary N) is 1. The summed E-state index contributed by atoms with van der Waals surface area (Å²) in [5, 5.41) is 2.45. The van der Waals surface area contributed by atoms with E-state index in [2.05, 4.69) is 11.4 Å². The summed E-state index contributed by atoms with van der Waals surface area (Å²) in [7, 11) is 0. The summed E-state index contributed by atoms with van der Waals surface area (Å²) < 4.78 is 5.40. The average molecular weight is 234 g/mol. The fourth-order valence-electron chi connectivity index (χ4n) is 1.80. The van der Waals surface area contributed by atoms with E-state index in [1.54, 1.807) is 0 Å². The topological polar surface area (TPSA) is 81.4 Å². The summed E-state index contributed by atoms with van der Waals surface area (Å²) in [6.45, 7) is 1.14. The highest BCUT2D eigenvalue weighted by Crippen LogP contribution is 2.25. The van der Waals surface area contributed by atoms with Crippen LogP contribution < -0.4 is 15.8 Å². The van der Waals surface area contributed by atoms with Gasteiger partial charge in [0.1, 0.15) is 5.75 Å². The molecule has 0 saturated heterocycles. The zero-order chi connectivity index (χ0) is 12.3. The number of rotatable bonds is 3. The van der Waals surface area contributed by atoms with E-state index in [-0.39, 0.29) is 0 Å². The Kier molecular flexibility index (Phi) is 3.27. The Morgan fingerprint density at radius 3 is 3.00 bits per heavy atom. The zero-order valence-electron chi connectivity index (χ0n) is 9.36. The van der Waals surface area contributed by atoms with E-state index in [4.69, 9.17) is 10.5 Å². The van der Waals surface area contributed by atoms with Crippen molar-refractivity contribution in [3.63, 3.8) is 0 Å². The lowest BCUT2D eigenvalue weighted by atomic mass is 10.1. The van der Waals surface area contributed by atoms with Gasteiger partial charge in [0, 0.05) is 13.0 Å². The number of hydrogen-bond acceptors (Lipinski definition) is 3. The average Bonchev–Trinajstić information content (AvgIpc) is 2.75. The maximum Gasteiger partial charge on any atom is 0.309 e. The fourth-order valence-corrected chi connectivity index (χ4v) is 1.80. The molecular weight excluding hydrogens is 220 g/mol. The van der Waals surface area contributed by atoms with Crippen molar-refractivity contribution in [1.29, 1.82) is 0 Å². The normalized spacial score (nSPS) is 12.7. The Bertz CT molecular complexity index is 457. The molecule has 17 heavy (non-hydrogen) atoms. The van der Waals surface area contributed by atoms with Crippen LogP contribution in [0, 0.1) is 0 Å². The second-order valence-corrected chi connectivity index (χ2v) is 3.91. The van der Waals surface area contributed by atoms with Crippen LogP contribution >= 0.6 is 0 Å². The molecule has 3 N–H and O–H groups in total. The molecule has 0 spiro atoms. The largest absolute Gasteiger partial charge is 0.493 e. The molecule has 2 rings (SSSR count). The van der Waals surface area contributed by atoms with Crippen molar-refractivity contribution >= 4 is 11.8 Å². The lowest BCUT2D eigenvalue weighted by Crippen LogP contribution is -2.37. The molecule has 2 amide bonds. The number of nitrogens with two attached hydrogens (primary N) is 1. The van der Waals surface area contributed by atoms with E-state index in [9.17, 15) is 9.59 Å². The molecule has 0 aliphatic carbocycles. The number of benzene rings is 1. The van der Waals surface area contributed by atoms with Crippen LogP contribution in [0.1, 0.15) is 11.1 Å². The van der Waals surface area contributed by atoms with Gasteiger partial charge in [-0.25, -0.2) is 0 Å². The lowest BCUT2D eigenvalue weighted by Gasteiger charge is -2.05. The molecule has 0 aromatic heterocycles. The fraction of sp³-hybridized carbons (Fsp3) is 0.333. The number of primary amides is 1. The van der Waals surface area contributed by atoms with E-state index < -0.39 is 11.8 Å². The predicted octanol–water partition coefficient (Wildman–Crippen LogP) is -0.234. The SMILES string of the molecule is NC(=O)C(=O)NCCc1ccc2c(c1)CCO2. The Morgan fingerprint density at radius 2 is 2.24 bits per heavy atom. The van der Waals surface area contributed by atoms with E-state index in [0.717, 1.165) is 24.3 Å². The van der Waals surface area contributed by atoms with Gasteiger partial charge in [0.15, 0.2) is 0 Å². The standard InChI is InChI=1S/C12H14N2O3/c13-11(15)12(16)14-5-3-8-1-2-10-9(7-8)4-6-17-10/h1-2,7H,3-6H2,(H2,13,15)(H,14,16). The Hall–Kier alpha value is -2.04. The van der Waals surface area contributed by atoms with Crippen LogP contribution in [0.15, 0.2) is 18.2 Å².